The molecule has 0 aliphatic rings. The van der Waals surface area contributed by atoms with Gasteiger partial charge in [-0.15, -0.1) is 0 Å². The van der Waals surface area contributed by atoms with Gasteiger partial charge in [0.25, 0.3) is 5.91 Å². The number of hydrogen-bond donors (Lipinski definition) is 2. The van der Waals surface area contributed by atoms with Crippen molar-refractivity contribution >= 4 is 18.0 Å². The van der Waals surface area contributed by atoms with Crippen molar-refractivity contribution < 1.29 is 9.59 Å². The molecule has 4 nitrogen and oxygen atoms in total. The van der Waals surface area contributed by atoms with Gasteiger partial charge in [0.2, 0.25) is 5.91 Å². The molecule has 0 aliphatic carbocycles. The molecule has 2 amide bonds. The second-order valence-corrected chi connectivity index (χ2v) is 1.81. The Morgan fingerprint density at radius 1 is 1.60 bits per heavy atom. The van der Waals surface area contributed by atoms with Gasteiger partial charge in [0.15, 0.2) is 0 Å². The van der Waals surface area contributed by atoms with Gasteiger partial charge in [0.05, 0.1) is 6.21 Å². The molecule has 0 spiro atoms. The lowest BCUT2D eigenvalue weighted by Crippen LogP contribution is -2.30. The lowest BCUT2D eigenvalue weighted by molar-refractivity contribution is -0.127. The Balaban J connectivity index is 3.57. The Bertz CT molecular complexity index is 154. The predicted octanol–water partition coefficient (Wildman–Crippen LogP) is 0.0789. The zero-order chi connectivity index (χ0) is 7.98. The van der Waals surface area contributed by atoms with E-state index < -0.39 is 5.91 Å². The molecule has 0 aromatic heterocycles. The summed E-state index contributed by atoms with van der Waals surface area (Å²) in [5, 5.41) is 8.45. The Morgan fingerprint density at radius 3 is 2.60 bits per heavy atom. The third-order valence-electron chi connectivity index (χ3n) is 0.871. The number of carbonyl (C=O) groups is 2. The molecule has 2 N–H and O–H groups in total. The third kappa shape index (κ3) is 3.77. The minimum atomic E-state index is -0.654. The highest BCUT2D eigenvalue weighted by Crippen LogP contribution is 1.83. The molecule has 0 atom stereocenters. The summed E-state index contributed by atoms with van der Waals surface area (Å²) >= 11 is 0. The molecule has 4 heteroatoms. The summed E-state index contributed by atoms with van der Waals surface area (Å²) < 4.78 is 0. The third-order valence-corrected chi connectivity index (χ3v) is 0.871. The van der Waals surface area contributed by atoms with Gasteiger partial charge < -0.3 is 5.41 Å². The van der Waals surface area contributed by atoms with E-state index in [0.29, 0.717) is 19.1 Å². The quantitative estimate of drug-likeness (QED) is 0.548. The summed E-state index contributed by atoms with van der Waals surface area (Å²) in [5.41, 5.74) is 0. The van der Waals surface area contributed by atoms with Crippen LogP contribution >= 0.6 is 0 Å². The molecule has 0 unspecified atom stereocenters. The van der Waals surface area contributed by atoms with E-state index in [4.69, 9.17) is 5.41 Å². The maximum atomic E-state index is 10.6. The highest BCUT2D eigenvalue weighted by molar-refractivity contribution is 6.28. The van der Waals surface area contributed by atoms with Crippen molar-refractivity contribution in [2.24, 2.45) is 0 Å². The van der Waals surface area contributed by atoms with Crippen molar-refractivity contribution in [3.63, 3.8) is 0 Å². The van der Waals surface area contributed by atoms with Gasteiger partial charge in [0, 0.05) is 6.42 Å². The molecular weight excluding hydrogens is 132 g/mol. The predicted molar refractivity (Wildman–Crippen MR) is 36.8 cm³/mol. The number of amides is 2. The van der Waals surface area contributed by atoms with E-state index >= 15 is 0 Å². The first-order valence-electron chi connectivity index (χ1n) is 3.05. The van der Waals surface area contributed by atoms with E-state index in [9.17, 15) is 9.59 Å². The number of rotatable bonds is 3. The van der Waals surface area contributed by atoms with Crippen LogP contribution < -0.4 is 5.32 Å². The minimum absolute atomic E-state index is 0.323. The Kier molecular flexibility index (Phi) is 4.11. The fourth-order valence-electron chi connectivity index (χ4n) is 0.463. The molecule has 0 rings (SSSR count). The van der Waals surface area contributed by atoms with Crippen LogP contribution in [0.4, 0.5) is 0 Å². The summed E-state index contributed by atoms with van der Waals surface area (Å²) in [6, 6.07) is 0. The highest BCUT2D eigenvalue weighted by Gasteiger charge is 2.01. The standard InChI is InChI=1S/C6H10N2O2/c1-2-3-5(9)8-6(10)4-7/h4,7H,2-3H2,1H3,(H,8,9,10). The lowest BCUT2D eigenvalue weighted by Gasteiger charge is -1.95. The molecule has 10 heavy (non-hydrogen) atoms. The lowest BCUT2D eigenvalue weighted by atomic mass is 10.3. The van der Waals surface area contributed by atoms with Gasteiger partial charge in [-0.2, -0.15) is 0 Å². The van der Waals surface area contributed by atoms with Gasteiger partial charge in [-0.1, -0.05) is 6.92 Å². The van der Waals surface area contributed by atoms with E-state index in [-0.39, 0.29) is 5.91 Å². The van der Waals surface area contributed by atoms with Crippen LogP contribution in [0.1, 0.15) is 19.8 Å². The fourth-order valence-corrected chi connectivity index (χ4v) is 0.463. The van der Waals surface area contributed by atoms with Crippen molar-refractivity contribution in [1.82, 2.24) is 5.32 Å². The summed E-state index contributed by atoms with van der Waals surface area (Å²) in [6.07, 6.45) is 1.62. The molecule has 56 valence electrons. The number of hydrogen-bond acceptors (Lipinski definition) is 3. The summed E-state index contributed by atoms with van der Waals surface area (Å²) in [5.74, 6) is -0.977. The smallest absolute Gasteiger partial charge is 0.268 e. The minimum Gasteiger partial charge on any atom is -0.303 e. The first-order valence-corrected chi connectivity index (χ1v) is 3.05. The second-order valence-electron chi connectivity index (χ2n) is 1.81. The molecule has 0 aliphatic heterocycles. The second kappa shape index (κ2) is 4.67. The van der Waals surface area contributed by atoms with E-state index in [2.05, 4.69) is 0 Å². The fraction of sp³-hybridized carbons (Fsp3) is 0.500. The van der Waals surface area contributed by atoms with Gasteiger partial charge in [-0.3, -0.25) is 14.9 Å². The van der Waals surface area contributed by atoms with Crippen molar-refractivity contribution in [2.45, 2.75) is 19.8 Å². The van der Waals surface area contributed by atoms with Crippen LogP contribution in [0.3, 0.4) is 0 Å². The van der Waals surface area contributed by atoms with Crippen LogP contribution in [-0.4, -0.2) is 18.0 Å². The maximum Gasteiger partial charge on any atom is 0.268 e. The molecule has 0 radical (unpaired) electrons. The van der Waals surface area contributed by atoms with E-state index in [1.54, 1.807) is 0 Å². The SMILES string of the molecule is CCCC(=O)NC(=O)C=N. The number of carbonyl (C=O) groups excluding carboxylic acids is 2. The molecule has 0 fully saturated rings. The van der Waals surface area contributed by atoms with Crippen molar-refractivity contribution in [1.29, 1.82) is 5.41 Å². The zero-order valence-corrected chi connectivity index (χ0v) is 5.81. The molecule has 0 saturated heterocycles. The topological polar surface area (TPSA) is 70.0 Å². The highest BCUT2D eigenvalue weighted by atomic mass is 16.2. The van der Waals surface area contributed by atoms with Crippen LogP contribution in [0.25, 0.3) is 0 Å². The first kappa shape index (κ1) is 8.81. The molecule has 0 bridgehead atoms. The molecule has 0 aromatic rings. The van der Waals surface area contributed by atoms with Crippen molar-refractivity contribution in [2.75, 3.05) is 0 Å². The van der Waals surface area contributed by atoms with Crippen molar-refractivity contribution in [3.8, 4) is 0 Å². The molecular formula is C6H10N2O2. The zero-order valence-electron chi connectivity index (χ0n) is 5.81. The summed E-state index contributed by atoms with van der Waals surface area (Å²) in [4.78, 5) is 20.9. The van der Waals surface area contributed by atoms with E-state index in [1.165, 1.54) is 0 Å². The van der Waals surface area contributed by atoms with Crippen LogP contribution in [0, 0.1) is 5.41 Å². The summed E-state index contributed by atoms with van der Waals surface area (Å²) in [7, 11) is 0. The van der Waals surface area contributed by atoms with Gasteiger partial charge >= 0.3 is 0 Å². The average Bonchev–Trinajstić information content (AvgIpc) is 1.88. The number of imide groups is 1. The van der Waals surface area contributed by atoms with Crippen LogP contribution in [0.5, 0.6) is 0 Å². The van der Waals surface area contributed by atoms with Gasteiger partial charge in [-0.05, 0) is 6.42 Å². The average molecular weight is 142 g/mol. The molecule has 0 aromatic carbocycles. The van der Waals surface area contributed by atoms with Crippen LogP contribution in [-0.2, 0) is 9.59 Å². The maximum absolute atomic E-state index is 10.6. The van der Waals surface area contributed by atoms with Gasteiger partial charge in [-0.25, -0.2) is 0 Å². The summed E-state index contributed by atoms with van der Waals surface area (Å²) in [6.45, 7) is 1.84. The van der Waals surface area contributed by atoms with Gasteiger partial charge in [0.1, 0.15) is 0 Å². The Hall–Kier alpha value is -1.19. The van der Waals surface area contributed by atoms with E-state index in [1.807, 2.05) is 12.2 Å². The number of nitrogens with one attached hydrogen (secondary N) is 2. The molecule has 0 saturated carbocycles. The Labute approximate surface area is 59.1 Å². The van der Waals surface area contributed by atoms with E-state index in [0.717, 1.165) is 0 Å². The molecule has 0 heterocycles. The largest absolute Gasteiger partial charge is 0.303 e. The van der Waals surface area contributed by atoms with Crippen LogP contribution in [0.15, 0.2) is 0 Å². The monoisotopic (exact) mass is 142 g/mol. The first-order chi connectivity index (χ1) is 4.70. The van der Waals surface area contributed by atoms with Crippen LogP contribution in [0.2, 0.25) is 0 Å². The van der Waals surface area contributed by atoms with Crippen molar-refractivity contribution in [3.05, 3.63) is 0 Å². The normalized spacial score (nSPS) is 8.50. The Morgan fingerprint density at radius 2 is 2.20 bits per heavy atom.